The van der Waals surface area contributed by atoms with Crippen molar-refractivity contribution < 1.29 is 0 Å². The molecule has 6 heteroatoms. The van der Waals surface area contributed by atoms with Gasteiger partial charge in [0.25, 0.3) is 0 Å². The van der Waals surface area contributed by atoms with Gasteiger partial charge in [-0.25, -0.2) is 0 Å². The lowest BCUT2D eigenvalue weighted by Gasteiger charge is -2.24. The van der Waals surface area contributed by atoms with Crippen molar-refractivity contribution in [3.63, 3.8) is 0 Å². The first-order valence-electron chi connectivity index (χ1n) is 9.28. The van der Waals surface area contributed by atoms with Crippen LogP contribution in [0.2, 0.25) is 5.02 Å². The molecule has 2 atom stereocenters. The van der Waals surface area contributed by atoms with E-state index in [-0.39, 0.29) is 12.1 Å². The number of rotatable bonds is 3. The molecule has 1 N–H and O–H groups in total. The summed E-state index contributed by atoms with van der Waals surface area (Å²) in [5.41, 5.74) is 6.88. The van der Waals surface area contributed by atoms with E-state index in [1.165, 1.54) is 22.5 Å². The molecule has 1 aromatic carbocycles. The Hall–Kier alpha value is -2.37. The average molecular weight is 411 g/mol. The van der Waals surface area contributed by atoms with E-state index in [0.29, 0.717) is 0 Å². The molecule has 0 amide bonds. The normalized spacial score (nSPS) is 19.2. The Bertz CT molecular complexity index is 1040. The molecular weight excluding hydrogens is 388 g/mol. The Balaban J connectivity index is 1.85. The molecule has 0 aliphatic carbocycles. The number of aromatic nitrogens is 2. The number of hydrogen-bond donors (Lipinski definition) is 1. The molecule has 0 unspecified atom stereocenters. The largest absolute Gasteiger partial charge is 0.352 e. The Morgan fingerprint density at radius 1 is 1.11 bits per heavy atom. The van der Waals surface area contributed by atoms with E-state index in [4.69, 9.17) is 23.8 Å². The zero-order valence-electron chi connectivity index (χ0n) is 16.4. The molecule has 2 aromatic heterocycles. The average Bonchev–Trinajstić information content (AvgIpc) is 3.13. The molecule has 1 fully saturated rings. The van der Waals surface area contributed by atoms with Crippen LogP contribution in [0.15, 0.2) is 48.7 Å². The van der Waals surface area contributed by atoms with Crippen molar-refractivity contribution in [1.29, 1.82) is 0 Å². The number of pyridine rings is 1. The minimum Gasteiger partial charge on any atom is -0.352 e. The summed E-state index contributed by atoms with van der Waals surface area (Å²) >= 11 is 11.9. The van der Waals surface area contributed by atoms with Crippen molar-refractivity contribution in [3.05, 3.63) is 81.9 Å². The van der Waals surface area contributed by atoms with Crippen LogP contribution in [0, 0.1) is 20.8 Å². The highest BCUT2D eigenvalue weighted by Gasteiger charge is 2.39. The summed E-state index contributed by atoms with van der Waals surface area (Å²) < 4.78 is 2.28. The molecule has 1 saturated heterocycles. The van der Waals surface area contributed by atoms with Gasteiger partial charge in [-0.1, -0.05) is 23.7 Å². The second-order valence-electron chi connectivity index (χ2n) is 7.33. The number of nitrogens with one attached hydrogen (secondary N) is 1. The first-order valence-corrected chi connectivity index (χ1v) is 10.1. The Kier molecular flexibility index (Phi) is 4.89. The van der Waals surface area contributed by atoms with Crippen LogP contribution in [0.1, 0.15) is 40.3 Å². The Labute approximate surface area is 176 Å². The zero-order chi connectivity index (χ0) is 20.0. The Morgan fingerprint density at radius 3 is 2.61 bits per heavy atom. The van der Waals surface area contributed by atoms with Gasteiger partial charge in [0.15, 0.2) is 5.11 Å². The van der Waals surface area contributed by atoms with E-state index < -0.39 is 0 Å². The first-order chi connectivity index (χ1) is 13.4. The van der Waals surface area contributed by atoms with Crippen LogP contribution in [0.5, 0.6) is 0 Å². The van der Waals surface area contributed by atoms with Crippen LogP contribution in [0.25, 0.3) is 5.69 Å². The molecule has 0 saturated carbocycles. The fourth-order valence-electron chi connectivity index (χ4n) is 4.13. The number of hydrogen-bond acceptors (Lipinski definition) is 2. The molecule has 0 bridgehead atoms. The van der Waals surface area contributed by atoms with Crippen LogP contribution in [0.4, 0.5) is 0 Å². The van der Waals surface area contributed by atoms with Crippen molar-refractivity contribution in [2.75, 3.05) is 7.05 Å². The van der Waals surface area contributed by atoms with Gasteiger partial charge in [0.2, 0.25) is 0 Å². The topological polar surface area (TPSA) is 33.1 Å². The molecule has 0 spiro atoms. The standard InChI is InChI=1S/C22H23ClN4S/c1-13-8-9-16(23)12-19(13)27-14(2)11-17(15(27)3)21-20(25-22(28)26(21)4)18-7-5-6-10-24-18/h5-12,20-21H,1-4H3,(H,25,28)/t20-,21+/m0/s1. The highest BCUT2D eigenvalue weighted by atomic mass is 35.5. The second-order valence-corrected chi connectivity index (χ2v) is 8.15. The molecule has 3 heterocycles. The van der Waals surface area contributed by atoms with Crippen molar-refractivity contribution in [3.8, 4) is 5.69 Å². The molecular formula is C22H23ClN4S. The minimum atomic E-state index is 0.00751. The summed E-state index contributed by atoms with van der Waals surface area (Å²) in [4.78, 5) is 6.71. The molecule has 3 aromatic rings. The van der Waals surface area contributed by atoms with Crippen LogP contribution in [-0.4, -0.2) is 26.6 Å². The molecule has 0 radical (unpaired) electrons. The van der Waals surface area contributed by atoms with Crippen LogP contribution < -0.4 is 5.32 Å². The lowest BCUT2D eigenvalue weighted by atomic mass is 9.97. The Morgan fingerprint density at radius 2 is 1.89 bits per heavy atom. The van der Waals surface area contributed by atoms with Gasteiger partial charge in [-0.05, 0) is 74.4 Å². The number of halogens is 1. The van der Waals surface area contributed by atoms with Gasteiger partial charge in [0.05, 0.1) is 17.8 Å². The maximum Gasteiger partial charge on any atom is 0.169 e. The highest BCUT2D eigenvalue weighted by molar-refractivity contribution is 7.80. The predicted octanol–water partition coefficient (Wildman–Crippen LogP) is 5.05. The predicted molar refractivity (Wildman–Crippen MR) is 118 cm³/mol. The maximum atomic E-state index is 6.29. The van der Waals surface area contributed by atoms with Crippen molar-refractivity contribution in [2.45, 2.75) is 32.9 Å². The number of thiocarbonyl (C=S) groups is 1. The molecule has 4 rings (SSSR count). The van der Waals surface area contributed by atoms with Crippen LogP contribution in [0.3, 0.4) is 0 Å². The highest BCUT2D eigenvalue weighted by Crippen LogP contribution is 2.40. The smallest absolute Gasteiger partial charge is 0.169 e. The molecule has 28 heavy (non-hydrogen) atoms. The first kappa shape index (κ1) is 19.0. The quantitative estimate of drug-likeness (QED) is 0.612. The zero-order valence-corrected chi connectivity index (χ0v) is 18.0. The third kappa shape index (κ3) is 3.09. The second kappa shape index (κ2) is 7.22. The summed E-state index contributed by atoms with van der Waals surface area (Å²) in [6, 6.07) is 14.3. The van der Waals surface area contributed by atoms with E-state index in [2.05, 4.69) is 52.7 Å². The summed E-state index contributed by atoms with van der Waals surface area (Å²) in [7, 11) is 2.04. The van der Waals surface area contributed by atoms with Crippen molar-refractivity contribution in [2.24, 2.45) is 0 Å². The van der Waals surface area contributed by atoms with Crippen molar-refractivity contribution >= 4 is 28.9 Å². The summed E-state index contributed by atoms with van der Waals surface area (Å²) in [6.07, 6.45) is 1.83. The fourth-order valence-corrected chi connectivity index (χ4v) is 4.54. The van der Waals surface area contributed by atoms with E-state index >= 15 is 0 Å². The van der Waals surface area contributed by atoms with Gasteiger partial charge in [0.1, 0.15) is 0 Å². The SMILES string of the molecule is Cc1ccc(Cl)cc1-n1c(C)cc([C@@H]2[C@H](c3ccccn3)NC(=S)N2C)c1C. The summed E-state index contributed by atoms with van der Waals surface area (Å²) in [5, 5.41) is 4.93. The maximum absolute atomic E-state index is 6.29. The third-order valence-electron chi connectivity index (χ3n) is 5.54. The lowest BCUT2D eigenvalue weighted by molar-refractivity contribution is 0.367. The van der Waals surface area contributed by atoms with E-state index in [0.717, 1.165) is 21.5 Å². The molecule has 1 aliphatic rings. The number of likely N-dealkylation sites (N-methyl/N-ethyl adjacent to an activating group) is 1. The molecule has 1 aliphatic heterocycles. The van der Waals surface area contributed by atoms with Gasteiger partial charge in [-0.15, -0.1) is 0 Å². The number of aryl methyl sites for hydroxylation is 2. The third-order valence-corrected chi connectivity index (χ3v) is 6.18. The molecule has 4 nitrogen and oxygen atoms in total. The van der Waals surface area contributed by atoms with E-state index in [1.807, 2.05) is 43.6 Å². The van der Waals surface area contributed by atoms with E-state index in [9.17, 15) is 0 Å². The number of nitrogens with zero attached hydrogens (tertiary/aromatic N) is 3. The number of benzene rings is 1. The van der Waals surface area contributed by atoms with Gasteiger partial charge in [-0.2, -0.15) is 0 Å². The monoisotopic (exact) mass is 410 g/mol. The minimum absolute atomic E-state index is 0.00751. The van der Waals surface area contributed by atoms with E-state index in [1.54, 1.807) is 0 Å². The van der Waals surface area contributed by atoms with Gasteiger partial charge >= 0.3 is 0 Å². The lowest BCUT2D eigenvalue weighted by Crippen LogP contribution is -2.25. The summed E-state index contributed by atoms with van der Waals surface area (Å²) in [5.74, 6) is 0. The van der Waals surface area contributed by atoms with Crippen LogP contribution in [-0.2, 0) is 0 Å². The van der Waals surface area contributed by atoms with Crippen molar-refractivity contribution in [1.82, 2.24) is 19.8 Å². The van der Waals surface area contributed by atoms with Gasteiger partial charge in [-0.3, -0.25) is 4.98 Å². The fraction of sp³-hybridized carbons (Fsp3) is 0.273. The molecule has 144 valence electrons. The van der Waals surface area contributed by atoms with Gasteiger partial charge in [0, 0.05) is 35.3 Å². The van der Waals surface area contributed by atoms with Crippen LogP contribution >= 0.6 is 23.8 Å². The van der Waals surface area contributed by atoms with Gasteiger partial charge < -0.3 is 14.8 Å². The summed E-state index contributed by atoms with van der Waals surface area (Å²) in [6.45, 7) is 6.40.